The quantitative estimate of drug-likeness (QED) is 0.479. The molecule has 0 aromatic heterocycles. The van der Waals surface area contributed by atoms with E-state index in [1.165, 1.54) is 6.07 Å². The first-order valence-electron chi connectivity index (χ1n) is 6.53. The van der Waals surface area contributed by atoms with Gasteiger partial charge in [-0.3, -0.25) is 10.1 Å². The number of anilines is 1. The van der Waals surface area contributed by atoms with Gasteiger partial charge in [-0.25, -0.2) is 0 Å². The molecule has 0 spiro atoms. The molecule has 0 unspecified atom stereocenters. The van der Waals surface area contributed by atoms with Gasteiger partial charge in [0.25, 0.3) is 5.69 Å². The van der Waals surface area contributed by atoms with Crippen molar-refractivity contribution in [1.29, 1.82) is 0 Å². The van der Waals surface area contributed by atoms with Crippen LogP contribution in [0.1, 0.15) is 12.5 Å². The second-order valence-corrected chi connectivity index (χ2v) is 5.47. The van der Waals surface area contributed by atoms with Crippen LogP contribution in [0.5, 0.6) is 5.75 Å². The minimum atomic E-state index is -0.380. The van der Waals surface area contributed by atoms with Crippen LogP contribution in [0, 0.1) is 10.1 Å². The second-order valence-electron chi connectivity index (χ2n) is 4.42. The number of hydrogen-bond acceptors (Lipinski definition) is 5. The molecule has 21 heavy (non-hydrogen) atoms. The minimum absolute atomic E-state index is 0.0928. The maximum Gasteiger partial charge on any atom is 0.292 e. The van der Waals surface area contributed by atoms with Crippen molar-refractivity contribution < 1.29 is 10.0 Å². The summed E-state index contributed by atoms with van der Waals surface area (Å²) in [7, 11) is 0. The highest BCUT2D eigenvalue weighted by atomic mass is 32.2. The molecular weight excluding hydrogens is 288 g/mol. The smallest absolute Gasteiger partial charge is 0.292 e. The van der Waals surface area contributed by atoms with Crippen LogP contribution in [-0.4, -0.2) is 16.6 Å². The number of aromatic hydroxyl groups is 1. The minimum Gasteiger partial charge on any atom is -0.508 e. The van der Waals surface area contributed by atoms with E-state index >= 15 is 0 Å². The normalized spacial score (nSPS) is 10.3. The summed E-state index contributed by atoms with van der Waals surface area (Å²) in [4.78, 5) is 11.6. The van der Waals surface area contributed by atoms with Gasteiger partial charge in [0.05, 0.1) is 4.92 Å². The second kappa shape index (κ2) is 6.99. The predicted molar refractivity (Wildman–Crippen MR) is 84.9 cm³/mol. The Morgan fingerprint density at radius 1 is 1.24 bits per heavy atom. The van der Waals surface area contributed by atoms with E-state index in [0.717, 1.165) is 10.5 Å². The van der Waals surface area contributed by atoms with Crippen molar-refractivity contribution in [3.8, 4) is 5.75 Å². The van der Waals surface area contributed by atoms with E-state index in [0.29, 0.717) is 18.0 Å². The molecule has 2 rings (SSSR count). The van der Waals surface area contributed by atoms with Gasteiger partial charge in [0.2, 0.25) is 0 Å². The first-order valence-corrected chi connectivity index (χ1v) is 7.51. The van der Waals surface area contributed by atoms with Gasteiger partial charge in [0, 0.05) is 23.3 Å². The number of hydrogen-bond donors (Lipinski definition) is 2. The van der Waals surface area contributed by atoms with Gasteiger partial charge < -0.3 is 10.4 Å². The monoisotopic (exact) mass is 304 g/mol. The fourth-order valence-corrected chi connectivity index (χ4v) is 2.71. The average Bonchev–Trinajstić information content (AvgIpc) is 2.47. The number of nitrogens with one attached hydrogen (secondary N) is 1. The first-order chi connectivity index (χ1) is 10.1. The molecule has 0 aliphatic heterocycles. The van der Waals surface area contributed by atoms with Crippen molar-refractivity contribution in [3.63, 3.8) is 0 Å². The standard InChI is InChI=1S/C15H16N2O3S/c1-2-16-14-9-11(3-8-15(14)17(19)20)10-21-13-6-4-12(18)5-7-13/h3-9,16,18H,2,10H2,1H3. The van der Waals surface area contributed by atoms with E-state index in [4.69, 9.17) is 0 Å². The Morgan fingerprint density at radius 3 is 2.57 bits per heavy atom. The summed E-state index contributed by atoms with van der Waals surface area (Å²) < 4.78 is 0. The number of phenolic OH excluding ortho intramolecular Hbond substituents is 1. The van der Waals surface area contributed by atoms with Crippen LogP contribution in [-0.2, 0) is 5.75 Å². The van der Waals surface area contributed by atoms with E-state index in [1.807, 2.05) is 25.1 Å². The molecule has 0 fully saturated rings. The third-order valence-electron chi connectivity index (χ3n) is 2.87. The number of nitrogens with zero attached hydrogens (tertiary/aromatic N) is 1. The molecular formula is C15H16N2O3S. The van der Waals surface area contributed by atoms with Crippen molar-refractivity contribution in [2.75, 3.05) is 11.9 Å². The van der Waals surface area contributed by atoms with Crippen molar-refractivity contribution >= 4 is 23.1 Å². The van der Waals surface area contributed by atoms with Crippen molar-refractivity contribution in [1.82, 2.24) is 0 Å². The Labute approximate surface area is 127 Å². The zero-order valence-corrected chi connectivity index (χ0v) is 12.4. The lowest BCUT2D eigenvalue weighted by Crippen LogP contribution is -2.01. The zero-order chi connectivity index (χ0) is 15.2. The topological polar surface area (TPSA) is 75.4 Å². The Hall–Kier alpha value is -2.21. The fourth-order valence-electron chi connectivity index (χ4n) is 1.87. The van der Waals surface area contributed by atoms with Crippen molar-refractivity contribution in [2.24, 2.45) is 0 Å². The summed E-state index contributed by atoms with van der Waals surface area (Å²) in [5.41, 5.74) is 1.65. The van der Waals surface area contributed by atoms with Crippen LogP contribution >= 0.6 is 11.8 Å². The average molecular weight is 304 g/mol. The molecule has 0 saturated carbocycles. The number of nitro benzene ring substituents is 1. The maximum absolute atomic E-state index is 11.0. The lowest BCUT2D eigenvalue weighted by Gasteiger charge is -2.07. The van der Waals surface area contributed by atoms with Crippen LogP contribution < -0.4 is 5.32 Å². The van der Waals surface area contributed by atoms with E-state index in [2.05, 4.69) is 5.32 Å². The third kappa shape index (κ3) is 4.13. The summed E-state index contributed by atoms with van der Waals surface area (Å²) in [6.45, 7) is 2.54. The third-order valence-corrected chi connectivity index (χ3v) is 3.95. The van der Waals surface area contributed by atoms with E-state index in [-0.39, 0.29) is 16.4 Å². The fraction of sp³-hybridized carbons (Fsp3) is 0.200. The molecule has 110 valence electrons. The molecule has 0 saturated heterocycles. The highest BCUT2D eigenvalue weighted by Gasteiger charge is 2.13. The number of nitro groups is 1. The summed E-state index contributed by atoms with van der Waals surface area (Å²) >= 11 is 1.61. The van der Waals surface area contributed by atoms with Gasteiger partial charge >= 0.3 is 0 Å². The first kappa shape index (κ1) is 15.2. The molecule has 6 heteroatoms. The Kier molecular flexibility index (Phi) is 5.05. The Morgan fingerprint density at radius 2 is 1.95 bits per heavy atom. The SMILES string of the molecule is CCNc1cc(CSc2ccc(O)cc2)ccc1[N+](=O)[O-]. The van der Waals surface area contributed by atoms with Gasteiger partial charge in [0.15, 0.2) is 0 Å². The molecule has 2 aromatic carbocycles. The van der Waals surface area contributed by atoms with Gasteiger partial charge in [-0.05, 0) is 42.8 Å². The van der Waals surface area contributed by atoms with E-state index in [9.17, 15) is 15.2 Å². The van der Waals surface area contributed by atoms with Crippen LogP contribution in [0.15, 0.2) is 47.4 Å². The summed E-state index contributed by atoms with van der Waals surface area (Å²) in [6, 6.07) is 12.1. The van der Waals surface area contributed by atoms with Crippen LogP contribution in [0.3, 0.4) is 0 Å². The summed E-state index contributed by atoms with van der Waals surface area (Å²) in [5.74, 6) is 0.949. The van der Waals surface area contributed by atoms with E-state index in [1.54, 1.807) is 30.0 Å². The molecule has 5 nitrogen and oxygen atoms in total. The number of rotatable bonds is 6. The zero-order valence-electron chi connectivity index (χ0n) is 11.6. The highest BCUT2D eigenvalue weighted by molar-refractivity contribution is 7.98. The summed E-state index contributed by atoms with van der Waals surface area (Å²) in [6.07, 6.45) is 0. The van der Waals surface area contributed by atoms with Gasteiger partial charge in [-0.1, -0.05) is 6.07 Å². The molecule has 0 atom stereocenters. The molecule has 0 heterocycles. The number of phenols is 1. The van der Waals surface area contributed by atoms with Gasteiger partial charge in [-0.2, -0.15) is 0 Å². The molecule has 0 aliphatic carbocycles. The highest BCUT2D eigenvalue weighted by Crippen LogP contribution is 2.29. The van der Waals surface area contributed by atoms with Crippen molar-refractivity contribution in [2.45, 2.75) is 17.6 Å². The lowest BCUT2D eigenvalue weighted by atomic mass is 10.2. The number of benzene rings is 2. The predicted octanol–water partition coefficient (Wildman–Crippen LogP) is 4.02. The lowest BCUT2D eigenvalue weighted by molar-refractivity contribution is -0.384. The molecule has 2 aromatic rings. The van der Waals surface area contributed by atoms with E-state index < -0.39 is 0 Å². The largest absolute Gasteiger partial charge is 0.508 e. The molecule has 2 N–H and O–H groups in total. The molecule has 0 amide bonds. The van der Waals surface area contributed by atoms with Gasteiger partial charge in [0.1, 0.15) is 11.4 Å². The number of thioether (sulfide) groups is 1. The van der Waals surface area contributed by atoms with Crippen molar-refractivity contribution in [3.05, 3.63) is 58.1 Å². The Balaban J connectivity index is 2.11. The molecule has 0 radical (unpaired) electrons. The summed E-state index contributed by atoms with van der Waals surface area (Å²) in [5, 5.41) is 23.2. The molecule has 0 bridgehead atoms. The maximum atomic E-state index is 11.0. The van der Waals surface area contributed by atoms with Gasteiger partial charge in [-0.15, -0.1) is 11.8 Å². The van der Waals surface area contributed by atoms with Crippen LogP contribution in [0.2, 0.25) is 0 Å². The molecule has 0 aliphatic rings. The Bertz CT molecular complexity index is 629. The van der Waals surface area contributed by atoms with Crippen LogP contribution in [0.25, 0.3) is 0 Å². The van der Waals surface area contributed by atoms with Crippen LogP contribution in [0.4, 0.5) is 11.4 Å².